The van der Waals surface area contributed by atoms with Crippen molar-refractivity contribution < 1.29 is 0 Å². The van der Waals surface area contributed by atoms with E-state index in [-0.39, 0.29) is 0 Å². The zero-order chi connectivity index (χ0) is 12.0. The lowest BCUT2D eigenvalue weighted by Gasteiger charge is -2.45. The van der Waals surface area contributed by atoms with Crippen molar-refractivity contribution in [1.29, 1.82) is 0 Å². The Morgan fingerprint density at radius 3 is 2.62 bits per heavy atom. The van der Waals surface area contributed by atoms with Crippen LogP contribution in [0.1, 0.15) is 40.0 Å². The van der Waals surface area contributed by atoms with Gasteiger partial charge in [0.25, 0.3) is 0 Å². The third-order valence-corrected chi connectivity index (χ3v) is 4.77. The van der Waals surface area contributed by atoms with Gasteiger partial charge in [-0.2, -0.15) is 11.8 Å². The molecule has 3 heteroatoms. The van der Waals surface area contributed by atoms with E-state index in [2.05, 4.69) is 37.2 Å². The van der Waals surface area contributed by atoms with E-state index in [4.69, 9.17) is 0 Å². The van der Waals surface area contributed by atoms with Crippen molar-refractivity contribution >= 4 is 11.8 Å². The fourth-order valence-electron chi connectivity index (χ4n) is 2.56. The first kappa shape index (κ1) is 14.3. The summed E-state index contributed by atoms with van der Waals surface area (Å²) < 4.78 is 0. The first-order valence-electron chi connectivity index (χ1n) is 6.65. The molecule has 96 valence electrons. The SMILES string of the molecule is CCC1(CC)CN(C(C)CCSC)CCN1. The van der Waals surface area contributed by atoms with E-state index in [9.17, 15) is 0 Å². The van der Waals surface area contributed by atoms with Crippen LogP contribution in [-0.2, 0) is 0 Å². The molecule has 0 aromatic carbocycles. The minimum absolute atomic E-state index is 0.381. The van der Waals surface area contributed by atoms with E-state index in [0.29, 0.717) is 5.54 Å². The highest BCUT2D eigenvalue weighted by Crippen LogP contribution is 2.22. The summed E-state index contributed by atoms with van der Waals surface area (Å²) in [5, 5.41) is 3.73. The van der Waals surface area contributed by atoms with Gasteiger partial charge in [-0.05, 0) is 38.2 Å². The molecule has 2 nitrogen and oxygen atoms in total. The van der Waals surface area contributed by atoms with E-state index in [1.54, 1.807) is 0 Å². The maximum atomic E-state index is 3.73. The van der Waals surface area contributed by atoms with Gasteiger partial charge >= 0.3 is 0 Å². The standard InChI is InChI=1S/C13H28N2S/c1-5-13(6-2)11-15(9-8-14-13)12(3)7-10-16-4/h12,14H,5-11H2,1-4H3. The molecule has 16 heavy (non-hydrogen) atoms. The van der Waals surface area contributed by atoms with Gasteiger partial charge in [-0.1, -0.05) is 13.8 Å². The van der Waals surface area contributed by atoms with Crippen LogP contribution in [0.3, 0.4) is 0 Å². The van der Waals surface area contributed by atoms with Crippen LogP contribution in [0.15, 0.2) is 0 Å². The molecule has 0 aromatic heterocycles. The van der Waals surface area contributed by atoms with Crippen molar-refractivity contribution in [1.82, 2.24) is 10.2 Å². The smallest absolute Gasteiger partial charge is 0.0304 e. The lowest BCUT2D eigenvalue weighted by Crippen LogP contribution is -2.61. The summed E-state index contributed by atoms with van der Waals surface area (Å²) in [6.07, 6.45) is 6.02. The average molecular weight is 244 g/mol. The highest BCUT2D eigenvalue weighted by atomic mass is 32.2. The number of rotatable bonds is 6. The minimum atomic E-state index is 0.381. The molecule has 1 aliphatic heterocycles. The molecule has 1 saturated heterocycles. The van der Waals surface area contributed by atoms with Gasteiger partial charge in [-0.3, -0.25) is 4.90 Å². The molecule has 0 spiro atoms. The molecule has 1 unspecified atom stereocenters. The van der Waals surface area contributed by atoms with Gasteiger partial charge in [0, 0.05) is 31.2 Å². The Morgan fingerprint density at radius 1 is 1.38 bits per heavy atom. The molecule has 0 saturated carbocycles. The highest BCUT2D eigenvalue weighted by molar-refractivity contribution is 7.98. The largest absolute Gasteiger partial charge is 0.309 e. The number of nitrogens with one attached hydrogen (secondary N) is 1. The van der Waals surface area contributed by atoms with Crippen molar-refractivity contribution in [2.24, 2.45) is 0 Å². The Morgan fingerprint density at radius 2 is 2.06 bits per heavy atom. The quantitative estimate of drug-likeness (QED) is 0.773. The second-order valence-corrected chi connectivity index (χ2v) is 6.00. The van der Waals surface area contributed by atoms with E-state index < -0.39 is 0 Å². The molecule has 0 bridgehead atoms. The summed E-state index contributed by atoms with van der Waals surface area (Å²) in [5.41, 5.74) is 0.381. The number of nitrogens with zero attached hydrogens (tertiary/aromatic N) is 1. The van der Waals surface area contributed by atoms with E-state index in [1.807, 2.05) is 11.8 Å². The Labute approximate surface area is 106 Å². The fourth-order valence-corrected chi connectivity index (χ4v) is 3.14. The molecular weight excluding hydrogens is 216 g/mol. The Hall–Kier alpha value is 0.270. The van der Waals surface area contributed by atoms with Crippen LogP contribution in [0.4, 0.5) is 0 Å². The van der Waals surface area contributed by atoms with Crippen molar-refractivity contribution in [2.45, 2.75) is 51.6 Å². The molecule has 1 heterocycles. The number of thioether (sulfide) groups is 1. The average Bonchev–Trinajstić information content (AvgIpc) is 2.35. The Kier molecular flexibility index (Phi) is 6.16. The monoisotopic (exact) mass is 244 g/mol. The zero-order valence-corrected chi connectivity index (χ0v) is 12.2. The number of hydrogen-bond acceptors (Lipinski definition) is 3. The summed E-state index contributed by atoms with van der Waals surface area (Å²) in [7, 11) is 0. The molecule has 0 radical (unpaired) electrons. The van der Waals surface area contributed by atoms with Crippen LogP contribution >= 0.6 is 11.8 Å². The summed E-state index contributed by atoms with van der Waals surface area (Å²) >= 11 is 1.96. The van der Waals surface area contributed by atoms with Crippen LogP contribution in [-0.4, -0.2) is 48.1 Å². The Balaban J connectivity index is 2.48. The first-order valence-corrected chi connectivity index (χ1v) is 8.05. The van der Waals surface area contributed by atoms with Gasteiger partial charge in [0.2, 0.25) is 0 Å². The first-order chi connectivity index (χ1) is 7.67. The lowest BCUT2D eigenvalue weighted by molar-refractivity contribution is 0.0909. The minimum Gasteiger partial charge on any atom is -0.309 e. The molecule has 1 N–H and O–H groups in total. The number of piperazine rings is 1. The van der Waals surface area contributed by atoms with Gasteiger partial charge in [-0.25, -0.2) is 0 Å². The summed E-state index contributed by atoms with van der Waals surface area (Å²) in [6.45, 7) is 10.6. The lowest BCUT2D eigenvalue weighted by atomic mass is 9.89. The molecule has 1 fully saturated rings. The third kappa shape index (κ3) is 3.64. The van der Waals surface area contributed by atoms with Gasteiger partial charge in [0.15, 0.2) is 0 Å². The summed E-state index contributed by atoms with van der Waals surface area (Å²) in [6, 6.07) is 0.743. The molecule has 0 aromatic rings. The maximum Gasteiger partial charge on any atom is 0.0304 e. The molecular formula is C13H28N2S. The molecule has 1 rings (SSSR count). The topological polar surface area (TPSA) is 15.3 Å². The molecule has 0 aliphatic carbocycles. The third-order valence-electron chi connectivity index (χ3n) is 4.12. The van der Waals surface area contributed by atoms with Gasteiger partial charge in [0.1, 0.15) is 0 Å². The van der Waals surface area contributed by atoms with Gasteiger partial charge < -0.3 is 5.32 Å². The second-order valence-electron chi connectivity index (χ2n) is 5.02. The summed E-state index contributed by atoms with van der Waals surface area (Å²) in [4.78, 5) is 2.68. The zero-order valence-electron chi connectivity index (χ0n) is 11.4. The van der Waals surface area contributed by atoms with Crippen LogP contribution in [0.25, 0.3) is 0 Å². The Bertz CT molecular complexity index is 192. The predicted molar refractivity (Wildman–Crippen MR) is 75.3 cm³/mol. The molecule has 1 atom stereocenters. The van der Waals surface area contributed by atoms with Crippen molar-refractivity contribution in [2.75, 3.05) is 31.6 Å². The van der Waals surface area contributed by atoms with Gasteiger partial charge in [0.05, 0.1) is 0 Å². The molecule has 1 aliphatic rings. The van der Waals surface area contributed by atoms with Crippen LogP contribution in [0.5, 0.6) is 0 Å². The van der Waals surface area contributed by atoms with Crippen molar-refractivity contribution in [3.05, 3.63) is 0 Å². The van der Waals surface area contributed by atoms with Gasteiger partial charge in [-0.15, -0.1) is 0 Å². The van der Waals surface area contributed by atoms with Crippen LogP contribution in [0.2, 0.25) is 0 Å². The normalized spacial score (nSPS) is 23.2. The van der Waals surface area contributed by atoms with E-state index >= 15 is 0 Å². The summed E-state index contributed by atoms with van der Waals surface area (Å²) in [5.74, 6) is 1.29. The van der Waals surface area contributed by atoms with E-state index in [0.717, 1.165) is 12.6 Å². The fraction of sp³-hybridized carbons (Fsp3) is 1.00. The maximum absolute atomic E-state index is 3.73. The van der Waals surface area contributed by atoms with Crippen molar-refractivity contribution in [3.8, 4) is 0 Å². The van der Waals surface area contributed by atoms with Crippen LogP contribution in [0, 0.1) is 0 Å². The predicted octanol–water partition coefficient (Wildman–Crippen LogP) is 2.59. The number of hydrogen-bond donors (Lipinski definition) is 1. The molecule has 0 amide bonds. The highest BCUT2D eigenvalue weighted by Gasteiger charge is 2.33. The van der Waals surface area contributed by atoms with Crippen molar-refractivity contribution in [3.63, 3.8) is 0 Å². The van der Waals surface area contributed by atoms with E-state index in [1.165, 1.54) is 38.1 Å². The second kappa shape index (κ2) is 6.87. The van der Waals surface area contributed by atoms with Crippen LogP contribution < -0.4 is 5.32 Å².